The number of likely N-dealkylation sites (tertiary alicyclic amines) is 1. The van der Waals surface area contributed by atoms with Crippen LogP contribution < -0.4 is 32.3 Å². The van der Waals surface area contributed by atoms with E-state index in [2.05, 4.69) is 26.6 Å². The molecule has 7 amide bonds. The second-order valence-corrected chi connectivity index (χ2v) is 18.1. The van der Waals surface area contributed by atoms with Crippen molar-refractivity contribution in [2.24, 2.45) is 23.5 Å². The van der Waals surface area contributed by atoms with Crippen LogP contribution in [-0.2, 0) is 54.5 Å². The van der Waals surface area contributed by atoms with Crippen molar-refractivity contribution >= 4 is 53.1 Å². The van der Waals surface area contributed by atoms with Crippen molar-refractivity contribution in [2.45, 2.75) is 179 Å². The summed E-state index contributed by atoms with van der Waals surface area (Å²) in [5.41, 5.74) is 6.38. The summed E-state index contributed by atoms with van der Waals surface area (Å²) in [4.78, 5) is 122. The number of ketones is 1. The molecule has 2 saturated carbocycles. The number of carbonyl (C=O) groups is 9. The zero-order chi connectivity index (χ0) is 48.2. The number of nitrogens with one attached hydrogen (secondary N) is 5. The van der Waals surface area contributed by atoms with E-state index in [4.69, 9.17) is 10.5 Å². The number of amides is 7. The number of unbranched alkanes of at least 4 members (excludes halogenated alkanes) is 2. The van der Waals surface area contributed by atoms with Crippen LogP contribution in [0, 0.1) is 17.8 Å². The fourth-order valence-corrected chi connectivity index (χ4v) is 9.35. The second-order valence-electron chi connectivity index (χ2n) is 18.1. The quantitative estimate of drug-likeness (QED) is 0.0664. The fraction of sp³-hybridized carbons (Fsp3) is 0.688. The Bertz CT molecular complexity index is 1820. The number of rotatable bonds is 26. The molecule has 18 nitrogen and oxygen atoms in total. The van der Waals surface area contributed by atoms with Crippen LogP contribution in [0.4, 0.5) is 0 Å². The van der Waals surface area contributed by atoms with Crippen molar-refractivity contribution in [1.29, 1.82) is 0 Å². The molecule has 3 aliphatic rings. The van der Waals surface area contributed by atoms with Crippen molar-refractivity contribution in [2.75, 3.05) is 13.1 Å². The van der Waals surface area contributed by atoms with E-state index >= 15 is 0 Å². The van der Waals surface area contributed by atoms with Gasteiger partial charge in [-0.3, -0.25) is 43.2 Å². The lowest BCUT2D eigenvalue weighted by Gasteiger charge is -2.36. The number of nitrogens with two attached hydrogens (primary N) is 1. The number of benzene rings is 1. The number of nitrogens with zero attached hydrogens (tertiary/aromatic N) is 1. The molecule has 8 atom stereocenters. The third-order valence-electron chi connectivity index (χ3n) is 13.1. The Hall–Kier alpha value is -5.39. The van der Waals surface area contributed by atoms with Gasteiger partial charge in [0, 0.05) is 13.0 Å². The monoisotopic (exact) mass is 924 g/mol. The molecule has 18 heteroatoms. The first-order valence-corrected chi connectivity index (χ1v) is 24.2. The zero-order valence-corrected chi connectivity index (χ0v) is 39.0. The summed E-state index contributed by atoms with van der Waals surface area (Å²) in [6.45, 7) is 5.16. The standard InChI is InChI=1S/C48H73N7O11/c1-4-7-24-36(42(49)58)53-44(60)37(25-8-5-2)51-39(56)27-50-46(62)41(57)35(17-6-3)52-45(61)38-26-32(66-29-30-18-11-9-12-19-30)28-55(38)47(63)40(31-20-13-10-14-21-31)54-43(59)33-22-15-16-23-34(33)48(64)65/h9,11-12,18-19,31-38,40H,4-8,10,13-17,20-29H2,1-3H3,(H2,49,58)(H,50,62)(H,51,56)(H,52,61)(H,53,60)(H,54,59)(H,64,65)/t32-,33?,34+,35?,36?,37?,38+,40?/m1/s1. The Morgan fingerprint density at radius 2 is 1.36 bits per heavy atom. The van der Waals surface area contributed by atoms with Crippen molar-refractivity contribution in [3.05, 3.63) is 35.9 Å². The maximum absolute atomic E-state index is 14.9. The molecule has 3 fully saturated rings. The van der Waals surface area contributed by atoms with Gasteiger partial charge < -0.3 is 47.1 Å². The van der Waals surface area contributed by atoms with Gasteiger partial charge in [0.25, 0.3) is 5.91 Å². The molecular formula is C48H73N7O11. The number of carbonyl (C=O) groups excluding carboxylic acids is 8. The summed E-state index contributed by atoms with van der Waals surface area (Å²) in [7, 11) is 0. The highest BCUT2D eigenvalue weighted by molar-refractivity contribution is 6.38. The van der Waals surface area contributed by atoms with Crippen LogP contribution in [0.2, 0.25) is 0 Å². The van der Waals surface area contributed by atoms with E-state index in [1.807, 2.05) is 44.2 Å². The van der Waals surface area contributed by atoms with E-state index in [1.165, 1.54) is 4.90 Å². The Balaban J connectivity index is 1.49. The van der Waals surface area contributed by atoms with Gasteiger partial charge in [0.1, 0.15) is 24.2 Å². The smallest absolute Gasteiger partial charge is 0.307 e. The number of hydrogen-bond donors (Lipinski definition) is 7. The van der Waals surface area contributed by atoms with Gasteiger partial charge in [-0.2, -0.15) is 0 Å². The van der Waals surface area contributed by atoms with Crippen molar-refractivity contribution in [3.8, 4) is 0 Å². The topological polar surface area (TPSA) is 272 Å². The van der Waals surface area contributed by atoms with Crippen LogP contribution >= 0.6 is 0 Å². The highest BCUT2D eigenvalue weighted by Gasteiger charge is 2.46. The zero-order valence-electron chi connectivity index (χ0n) is 39.0. The number of primary amides is 1. The summed E-state index contributed by atoms with van der Waals surface area (Å²) < 4.78 is 6.25. The van der Waals surface area contributed by atoms with Gasteiger partial charge in [-0.05, 0) is 56.4 Å². The van der Waals surface area contributed by atoms with Crippen molar-refractivity contribution in [3.63, 3.8) is 0 Å². The number of hydrogen-bond acceptors (Lipinski definition) is 10. The second kappa shape index (κ2) is 27.3. The molecule has 66 heavy (non-hydrogen) atoms. The van der Waals surface area contributed by atoms with Gasteiger partial charge in [0.05, 0.1) is 37.1 Å². The van der Waals surface area contributed by atoms with Crippen molar-refractivity contribution < 1.29 is 53.0 Å². The molecule has 0 aromatic heterocycles. The van der Waals surface area contributed by atoms with Crippen molar-refractivity contribution in [1.82, 2.24) is 31.5 Å². The minimum atomic E-state index is -1.32. The van der Waals surface area contributed by atoms with Gasteiger partial charge in [-0.15, -0.1) is 0 Å². The number of carboxylic acids is 1. The molecule has 0 radical (unpaired) electrons. The molecule has 8 N–H and O–H groups in total. The van der Waals surface area contributed by atoms with Crippen LogP contribution in [0.15, 0.2) is 30.3 Å². The molecule has 4 rings (SSSR count). The number of carboxylic acid groups (broad SMARTS) is 1. The summed E-state index contributed by atoms with van der Waals surface area (Å²) >= 11 is 0. The maximum Gasteiger partial charge on any atom is 0.307 e. The first kappa shape index (κ1) is 53.2. The molecule has 1 aliphatic heterocycles. The minimum Gasteiger partial charge on any atom is -0.481 e. The molecule has 366 valence electrons. The predicted octanol–water partition coefficient (Wildman–Crippen LogP) is 2.93. The van der Waals surface area contributed by atoms with Crippen LogP contribution in [0.25, 0.3) is 0 Å². The number of aliphatic carboxylic acids is 1. The van der Waals surface area contributed by atoms with Gasteiger partial charge in [0.2, 0.25) is 41.2 Å². The van der Waals surface area contributed by atoms with Gasteiger partial charge >= 0.3 is 5.97 Å². The minimum absolute atomic E-state index is 0.00517. The maximum atomic E-state index is 14.9. The molecule has 1 aromatic rings. The average molecular weight is 924 g/mol. The Morgan fingerprint density at radius 3 is 1.98 bits per heavy atom. The fourth-order valence-electron chi connectivity index (χ4n) is 9.35. The molecule has 2 aliphatic carbocycles. The van der Waals surface area contributed by atoms with Gasteiger partial charge in [0.15, 0.2) is 0 Å². The summed E-state index contributed by atoms with van der Waals surface area (Å²) in [6.07, 6.45) is 9.32. The highest BCUT2D eigenvalue weighted by Crippen LogP contribution is 2.33. The number of ether oxygens (including phenoxy) is 1. The van der Waals surface area contributed by atoms with Crippen LogP contribution in [0.3, 0.4) is 0 Å². The lowest BCUT2D eigenvalue weighted by molar-refractivity contribution is -0.150. The van der Waals surface area contributed by atoms with Gasteiger partial charge in [-0.1, -0.05) is 115 Å². The van der Waals surface area contributed by atoms with Crippen LogP contribution in [-0.4, -0.2) is 113 Å². The van der Waals surface area contributed by atoms with E-state index in [0.717, 1.165) is 31.2 Å². The predicted molar refractivity (Wildman–Crippen MR) is 244 cm³/mol. The highest BCUT2D eigenvalue weighted by atomic mass is 16.5. The molecule has 1 heterocycles. The number of Topliss-reactive ketones (excluding diaryl/α,β-unsaturated/α-hetero) is 1. The largest absolute Gasteiger partial charge is 0.481 e. The van der Waals surface area contributed by atoms with Crippen LogP contribution in [0.1, 0.15) is 142 Å². The summed E-state index contributed by atoms with van der Waals surface area (Å²) in [5, 5.41) is 23.1. The Kier molecular flexibility index (Phi) is 22.0. The molecule has 0 spiro atoms. The third kappa shape index (κ3) is 15.9. The normalized spacial score (nSPS) is 21.6. The molecule has 5 unspecified atom stereocenters. The lowest BCUT2D eigenvalue weighted by atomic mass is 9.78. The SMILES string of the molecule is CCCCC(NC(=O)C(CCCC)NC(=O)CNC(=O)C(=O)C(CCC)NC(=O)[C@@H]1C[C@@H](OCc2ccccc2)CN1C(=O)C(NC(=O)C1CCCC[C@@H]1C(=O)O)C1CCCCC1)C(N)=O. The van der Waals surface area contributed by atoms with E-state index in [1.54, 1.807) is 6.92 Å². The molecular weight excluding hydrogens is 851 g/mol. The molecule has 1 aromatic carbocycles. The first-order valence-electron chi connectivity index (χ1n) is 24.2. The Morgan fingerprint density at radius 1 is 0.727 bits per heavy atom. The third-order valence-corrected chi connectivity index (χ3v) is 13.1. The molecule has 0 bridgehead atoms. The van der Waals surface area contributed by atoms with Crippen LogP contribution in [0.5, 0.6) is 0 Å². The summed E-state index contributed by atoms with van der Waals surface area (Å²) in [5.74, 6) is -8.85. The van der Waals surface area contributed by atoms with E-state index in [0.29, 0.717) is 70.6 Å². The Labute approximate surface area is 388 Å². The van der Waals surface area contributed by atoms with E-state index in [9.17, 15) is 48.3 Å². The van der Waals surface area contributed by atoms with E-state index < -0.39 is 108 Å². The average Bonchev–Trinajstić information content (AvgIpc) is 3.76. The van der Waals surface area contributed by atoms with Gasteiger partial charge in [-0.25, -0.2) is 0 Å². The van der Waals surface area contributed by atoms with E-state index in [-0.39, 0.29) is 38.3 Å². The first-order chi connectivity index (χ1) is 31.7. The lowest BCUT2D eigenvalue weighted by Crippen LogP contribution is -2.59. The summed E-state index contributed by atoms with van der Waals surface area (Å²) in [6, 6.07) is 3.95. The molecule has 1 saturated heterocycles.